The molecule has 4 rings (SSSR count). The van der Waals surface area contributed by atoms with E-state index in [2.05, 4.69) is 70.5 Å². The standard InChI is InChI=1S/C19H19Br/c20-18-12-10-17(11-13-18)19(14-4-2-1-3-5-14)15-6-7-16(19)9-8-15/h1-5,10-13,15-16H,6-9H2. The molecule has 2 aromatic carbocycles. The molecule has 0 amide bonds. The van der Waals surface area contributed by atoms with Gasteiger partial charge >= 0.3 is 0 Å². The highest BCUT2D eigenvalue weighted by atomic mass is 79.9. The Bertz CT molecular complexity index is 579. The second-order valence-electron chi connectivity index (χ2n) is 6.29. The molecule has 0 radical (unpaired) electrons. The van der Waals surface area contributed by atoms with Crippen molar-refractivity contribution in [3.63, 3.8) is 0 Å². The van der Waals surface area contributed by atoms with E-state index in [-0.39, 0.29) is 5.41 Å². The summed E-state index contributed by atoms with van der Waals surface area (Å²) in [5.74, 6) is 1.66. The lowest BCUT2D eigenvalue weighted by Crippen LogP contribution is -2.33. The molecule has 0 nitrogen and oxygen atoms in total. The van der Waals surface area contributed by atoms with Crippen molar-refractivity contribution < 1.29 is 0 Å². The van der Waals surface area contributed by atoms with E-state index >= 15 is 0 Å². The third-order valence-electron chi connectivity index (χ3n) is 5.59. The van der Waals surface area contributed by atoms with Crippen molar-refractivity contribution in [2.45, 2.75) is 31.1 Å². The Hall–Kier alpha value is -1.08. The fourth-order valence-corrected chi connectivity index (χ4v) is 5.15. The first-order chi connectivity index (χ1) is 9.81. The van der Waals surface area contributed by atoms with Crippen LogP contribution in [0.15, 0.2) is 59.1 Å². The summed E-state index contributed by atoms with van der Waals surface area (Å²) >= 11 is 3.57. The Labute approximate surface area is 129 Å². The van der Waals surface area contributed by atoms with Crippen molar-refractivity contribution in [1.29, 1.82) is 0 Å². The van der Waals surface area contributed by atoms with Crippen LogP contribution >= 0.6 is 15.9 Å². The molecule has 0 aliphatic heterocycles. The van der Waals surface area contributed by atoms with Crippen molar-refractivity contribution in [1.82, 2.24) is 0 Å². The molecule has 102 valence electrons. The fourth-order valence-electron chi connectivity index (χ4n) is 4.89. The zero-order chi connectivity index (χ0) is 13.6. The zero-order valence-corrected chi connectivity index (χ0v) is 13.1. The van der Waals surface area contributed by atoms with Gasteiger partial charge in [0.15, 0.2) is 0 Å². The van der Waals surface area contributed by atoms with Crippen LogP contribution in [0.2, 0.25) is 0 Å². The van der Waals surface area contributed by atoms with Gasteiger partial charge in [-0.1, -0.05) is 58.4 Å². The van der Waals surface area contributed by atoms with Gasteiger partial charge < -0.3 is 0 Å². The second-order valence-corrected chi connectivity index (χ2v) is 7.21. The van der Waals surface area contributed by atoms with Crippen LogP contribution < -0.4 is 0 Å². The molecule has 0 heterocycles. The van der Waals surface area contributed by atoms with Gasteiger partial charge in [-0.3, -0.25) is 0 Å². The van der Waals surface area contributed by atoms with Crippen molar-refractivity contribution in [3.8, 4) is 0 Å². The zero-order valence-electron chi connectivity index (χ0n) is 11.6. The van der Waals surface area contributed by atoms with Crippen molar-refractivity contribution in [3.05, 3.63) is 70.2 Å². The minimum atomic E-state index is 0.280. The van der Waals surface area contributed by atoms with E-state index < -0.39 is 0 Å². The molecular weight excluding hydrogens is 308 g/mol. The van der Waals surface area contributed by atoms with Gasteiger partial charge in [-0.05, 0) is 60.8 Å². The molecule has 0 aromatic heterocycles. The summed E-state index contributed by atoms with van der Waals surface area (Å²) in [7, 11) is 0. The first-order valence-electron chi connectivity index (χ1n) is 7.63. The minimum Gasteiger partial charge on any atom is -0.0622 e. The maximum absolute atomic E-state index is 3.57. The van der Waals surface area contributed by atoms with E-state index in [4.69, 9.17) is 0 Å². The Morgan fingerprint density at radius 2 is 1.20 bits per heavy atom. The average Bonchev–Trinajstić information content (AvgIpc) is 3.05. The maximum Gasteiger partial charge on any atom is 0.0259 e. The molecule has 2 saturated carbocycles. The summed E-state index contributed by atoms with van der Waals surface area (Å²) in [6.45, 7) is 0. The number of fused-ring (bicyclic) bond motifs is 2. The molecule has 2 aliphatic rings. The third-order valence-corrected chi connectivity index (χ3v) is 6.12. The van der Waals surface area contributed by atoms with E-state index in [0.29, 0.717) is 0 Å². The summed E-state index contributed by atoms with van der Waals surface area (Å²) in [5.41, 5.74) is 3.34. The van der Waals surface area contributed by atoms with Crippen LogP contribution in [0, 0.1) is 11.8 Å². The molecule has 2 fully saturated rings. The highest BCUT2D eigenvalue weighted by Gasteiger charge is 2.55. The first kappa shape index (κ1) is 12.6. The van der Waals surface area contributed by atoms with Gasteiger partial charge in [0.2, 0.25) is 0 Å². The molecule has 0 saturated heterocycles. The number of hydrogen-bond donors (Lipinski definition) is 0. The molecule has 2 aliphatic carbocycles. The van der Waals surface area contributed by atoms with Crippen LogP contribution in [0.25, 0.3) is 0 Å². The van der Waals surface area contributed by atoms with Gasteiger partial charge in [0.1, 0.15) is 0 Å². The summed E-state index contributed by atoms with van der Waals surface area (Å²) in [4.78, 5) is 0. The van der Waals surface area contributed by atoms with Gasteiger partial charge in [-0.2, -0.15) is 0 Å². The molecule has 20 heavy (non-hydrogen) atoms. The SMILES string of the molecule is Brc1ccc(C2(c3ccccc3)C3CCC2CC3)cc1. The molecule has 0 atom stereocenters. The Morgan fingerprint density at radius 1 is 0.700 bits per heavy atom. The second kappa shape index (κ2) is 4.73. The molecule has 2 bridgehead atoms. The van der Waals surface area contributed by atoms with Crippen LogP contribution in [-0.4, -0.2) is 0 Å². The monoisotopic (exact) mass is 326 g/mol. The topological polar surface area (TPSA) is 0 Å². The van der Waals surface area contributed by atoms with Gasteiger partial charge in [-0.25, -0.2) is 0 Å². The predicted molar refractivity (Wildman–Crippen MR) is 86.8 cm³/mol. The van der Waals surface area contributed by atoms with E-state index in [9.17, 15) is 0 Å². The molecular formula is C19H19Br. The molecule has 2 aromatic rings. The summed E-state index contributed by atoms with van der Waals surface area (Å²) in [5, 5.41) is 0. The summed E-state index contributed by atoms with van der Waals surface area (Å²) in [6, 6.07) is 20.3. The van der Waals surface area contributed by atoms with E-state index in [1.807, 2.05) is 0 Å². The van der Waals surface area contributed by atoms with E-state index in [0.717, 1.165) is 11.8 Å². The smallest absolute Gasteiger partial charge is 0.0259 e. The Morgan fingerprint density at radius 3 is 1.75 bits per heavy atom. The number of benzene rings is 2. The van der Waals surface area contributed by atoms with Crippen LogP contribution in [0.5, 0.6) is 0 Å². The maximum atomic E-state index is 3.57. The minimum absolute atomic E-state index is 0.280. The van der Waals surface area contributed by atoms with Crippen LogP contribution in [0.1, 0.15) is 36.8 Å². The van der Waals surface area contributed by atoms with Crippen LogP contribution in [-0.2, 0) is 5.41 Å². The lowest BCUT2D eigenvalue weighted by molar-refractivity contribution is 0.390. The molecule has 0 spiro atoms. The third kappa shape index (κ3) is 1.65. The molecule has 1 heteroatoms. The number of rotatable bonds is 2. The van der Waals surface area contributed by atoms with E-state index in [1.165, 1.54) is 41.3 Å². The summed E-state index contributed by atoms with van der Waals surface area (Å²) in [6.07, 6.45) is 5.59. The lowest BCUT2D eigenvalue weighted by atomic mass is 9.67. The quantitative estimate of drug-likeness (QED) is 0.678. The van der Waals surface area contributed by atoms with Gasteiger partial charge in [-0.15, -0.1) is 0 Å². The van der Waals surface area contributed by atoms with Crippen molar-refractivity contribution in [2.24, 2.45) is 11.8 Å². The normalized spacial score (nSPS) is 31.6. The van der Waals surface area contributed by atoms with E-state index in [1.54, 1.807) is 0 Å². The van der Waals surface area contributed by atoms with Gasteiger partial charge in [0.25, 0.3) is 0 Å². The van der Waals surface area contributed by atoms with Crippen molar-refractivity contribution in [2.75, 3.05) is 0 Å². The lowest BCUT2D eigenvalue weighted by Gasteiger charge is -2.36. The van der Waals surface area contributed by atoms with Crippen LogP contribution in [0.3, 0.4) is 0 Å². The van der Waals surface area contributed by atoms with Crippen LogP contribution in [0.4, 0.5) is 0 Å². The molecule has 0 N–H and O–H groups in total. The number of hydrogen-bond acceptors (Lipinski definition) is 0. The number of halogens is 1. The Kier molecular flexibility index (Phi) is 2.99. The highest BCUT2D eigenvalue weighted by Crippen LogP contribution is 2.62. The molecule has 0 unspecified atom stereocenters. The predicted octanol–water partition coefficient (Wildman–Crippen LogP) is 5.56. The largest absolute Gasteiger partial charge is 0.0622 e. The highest BCUT2D eigenvalue weighted by molar-refractivity contribution is 9.10. The fraction of sp³-hybridized carbons (Fsp3) is 0.368. The first-order valence-corrected chi connectivity index (χ1v) is 8.42. The average molecular weight is 327 g/mol. The Balaban J connectivity index is 1.93. The summed E-state index contributed by atoms with van der Waals surface area (Å²) < 4.78 is 1.18. The van der Waals surface area contributed by atoms with Gasteiger partial charge in [0.05, 0.1) is 0 Å². The van der Waals surface area contributed by atoms with Crippen molar-refractivity contribution >= 4 is 15.9 Å². The van der Waals surface area contributed by atoms with Gasteiger partial charge in [0, 0.05) is 9.89 Å².